The van der Waals surface area contributed by atoms with Crippen molar-refractivity contribution in [3.8, 4) is 11.1 Å². The Bertz CT molecular complexity index is 819. The Morgan fingerprint density at radius 2 is 1.48 bits per heavy atom. The Balaban J connectivity index is 1.97. The summed E-state index contributed by atoms with van der Waals surface area (Å²) in [6.45, 7) is 5.33. The number of benzene rings is 2. The van der Waals surface area contributed by atoms with E-state index in [1.54, 1.807) is 20.8 Å². The van der Waals surface area contributed by atoms with Crippen LogP contribution in [0.4, 0.5) is 4.79 Å². The third-order valence-corrected chi connectivity index (χ3v) is 4.81. The molecule has 2 N–H and O–H groups in total. The van der Waals surface area contributed by atoms with Gasteiger partial charge in [-0.15, -0.1) is 0 Å². The number of alkyl carbamates (subject to hydrolysis) is 1. The van der Waals surface area contributed by atoms with Crippen molar-refractivity contribution < 1.29 is 19.4 Å². The second-order valence-electron chi connectivity index (χ2n) is 8.11. The lowest BCUT2D eigenvalue weighted by Gasteiger charge is -2.29. The molecule has 2 aromatic carbocycles. The SMILES string of the molecule is CC(C)(C)OC(=O)NCC1(C(=O)O)Cc2ccccc2-c2ccccc2C1. The van der Waals surface area contributed by atoms with Crippen molar-refractivity contribution in [1.29, 1.82) is 0 Å². The summed E-state index contributed by atoms with van der Waals surface area (Å²) in [5, 5.41) is 12.8. The average Bonchev–Trinajstić information content (AvgIpc) is 2.73. The van der Waals surface area contributed by atoms with Gasteiger partial charge < -0.3 is 15.2 Å². The van der Waals surface area contributed by atoms with Crippen LogP contribution in [0.3, 0.4) is 0 Å². The molecule has 1 amide bonds. The number of fused-ring (bicyclic) bond motifs is 3. The number of hydrogen-bond acceptors (Lipinski definition) is 3. The summed E-state index contributed by atoms with van der Waals surface area (Å²) in [4.78, 5) is 24.5. The first-order chi connectivity index (χ1) is 12.7. The first kappa shape index (κ1) is 19.0. The van der Waals surface area contributed by atoms with Crippen molar-refractivity contribution in [2.75, 3.05) is 6.54 Å². The van der Waals surface area contributed by atoms with Gasteiger partial charge in [-0.1, -0.05) is 48.5 Å². The fourth-order valence-corrected chi connectivity index (χ4v) is 3.57. The highest BCUT2D eigenvalue weighted by atomic mass is 16.6. The monoisotopic (exact) mass is 367 g/mol. The molecule has 0 unspecified atom stereocenters. The standard InChI is InChI=1S/C22H25NO4/c1-21(2,3)27-20(26)23-14-22(19(24)25)12-15-8-4-6-10-17(15)18-11-7-5-9-16(18)13-22/h4-11H,12-14H2,1-3H3,(H,23,26)(H,24,25). The molecule has 5 heteroatoms. The number of nitrogens with one attached hydrogen (secondary N) is 1. The van der Waals surface area contributed by atoms with Crippen LogP contribution in [0, 0.1) is 5.41 Å². The quantitative estimate of drug-likeness (QED) is 0.858. The molecule has 1 aliphatic carbocycles. The van der Waals surface area contributed by atoms with E-state index in [1.165, 1.54) is 0 Å². The summed E-state index contributed by atoms with van der Waals surface area (Å²) in [6.07, 6.45) is 0.0698. The zero-order chi connectivity index (χ0) is 19.7. The molecule has 0 saturated carbocycles. The first-order valence-corrected chi connectivity index (χ1v) is 9.07. The highest BCUT2D eigenvalue weighted by Gasteiger charge is 2.42. The van der Waals surface area contributed by atoms with Gasteiger partial charge in [-0.3, -0.25) is 4.79 Å². The van der Waals surface area contributed by atoms with E-state index in [0.29, 0.717) is 12.8 Å². The van der Waals surface area contributed by atoms with E-state index in [-0.39, 0.29) is 6.54 Å². The molecule has 0 aliphatic heterocycles. The molecule has 5 nitrogen and oxygen atoms in total. The molecule has 0 radical (unpaired) electrons. The summed E-state index contributed by atoms with van der Waals surface area (Å²) in [5.41, 5.74) is 2.26. The summed E-state index contributed by atoms with van der Waals surface area (Å²) < 4.78 is 5.28. The van der Waals surface area contributed by atoms with Gasteiger partial charge in [0, 0.05) is 6.54 Å². The minimum absolute atomic E-state index is 0.0000841. The van der Waals surface area contributed by atoms with Crippen molar-refractivity contribution in [2.24, 2.45) is 5.41 Å². The van der Waals surface area contributed by atoms with Gasteiger partial charge in [0.1, 0.15) is 5.60 Å². The molecule has 0 spiro atoms. The molecule has 27 heavy (non-hydrogen) atoms. The normalized spacial score (nSPS) is 15.1. The molecule has 142 valence electrons. The van der Waals surface area contributed by atoms with E-state index in [2.05, 4.69) is 5.32 Å². The van der Waals surface area contributed by atoms with Crippen molar-refractivity contribution in [3.05, 3.63) is 59.7 Å². The molecule has 0 fully saturated rings. The van der Waals surface area contributed by atoms with Crippen LogP contribution in [-0.4, -0.2) is 29.3 Å². The lowest BCUT2D eigenvalue weighted by atomic mass is 9.77. The van der Waals surface area contributed by atoms with Gasteiger partial charge in [0.05, 0.1) is 5.41 Å². The Kier molecular flexibility index (Phi) is 4.96. The maximum absolute atomic E-state index is 12.4. The summed E-state index contributed by atoms with van der Waals surface area (Å²) >= 11 is 0. The number of carbonyl (C=O) groups is 2. The molecule has 0 heterocycles. The van der Waals surface area contributed by atoms with Crippen molar-refractivity contribution >= 4 is 12.1 Å². The second kappa shape index (κ2) is 7.06. The molecule has 1 aliphatic rings. The van der Waals surface area contributed by atoms with Crippen LogP contribution in [0.15, 0.2) is 48.5 Å². The Morgan fingerprint density at radius 1 is 1.00 bits per heavy atom. The van der Waals surface area contributed by atoms with Crippen LogP contribution < -0.4 is 5.32 Å². The van der Waals surface area contributed by atoms with Crippen molar-refractivity contribution in [3.63, 3.8) is 0 Å². The zero-order valence-electron chi connectivity index (χ0n) is 15.9. The van der Waals surface area contributed by atoms with Crippen LogP contribution in [0.1, 0.15) is 31.9 Å². The van der Waals surface area contributed by atoms with Gasteiger partial charge in [-0.25, -0.2) is 4.79 Å². The predicted octanol–water partition coefficient (Wildman–Crippen LogP) is 4.05. The molecular weight excluding hydrogens is 342 g/mol. The maximum Gasteiger partial charge on any atom is 0.407 e. The second-order valence-corrected chi connectivity index (χ2v) is 8.11. The highest BCUT2D eigenvalue weighted by Crippen LogP contribution is 2.39. The van der Waals surface area contributed by atoms with Crippen LogP contribution in [0.25, 0.3) is 11.1 Å². The van der Waals surface area contributed by atoms with Gasteiger partial charge in [-0.2, -0.15) is 0 Å². The van der Waals surface area contributed by atoms with E-state index >= 15 is 0 Å². The molecule has 0 atom stereocenters. The van der Waals surface area contributed by atoms with Gasteiger partial charge in [0.2, 0.25) is 0 Å². The van der Waals surface area contributed by atoms with E-state index in [4.69, 9.17) is 4.74 Å². The smallest absolute Gasteiger partial charge is 0.407 e. The molecule has 0 bridgehead atoms. The number of hydrogen-bond donors (Lipinski definition) is 2. The Labute approximate surface area is 159 Å². The summed E-state index contributed by atoms with van der Waals surface area (Å²) in [6, 6.07) is 15.7. The third-order valence-electron chi connectivity index (χ3n) is 4.81. The third kappa shape index (κ3) is 4.13. The number of rotatable bonds is 3. The highest BCUT2D eigenvalue weighted by molar-refractivity contribution is 5.81. The molecule has 3 rings (SSSR count). The zero-order valence-corrected chi connectivity index (χ0v) is 15.9. The van der Waals surface area contributed by atoms with Gasteiger partial charge in [0.15, 0.2) is 0 Å². The van der Waals surface area contributed by atoms with E-state index in [0.717, 1.165) is 22.3 Å². The van der Waals surface area contributed by atoms with Crippen molar-refractivity contribution in [2.45, 2.75) is 39.2 Å². The number of carboxylic acids is 1. The first-order valence-electron chi connectivity index (χ1n) is 9.07. The Morgan fingerprint density at radius 3 is 1.93 bits per heavy atom. The lowest BCUT2D eigenvalue weighted by Crippen LogP contribution is -2.47. The minimum Gasteiger partial charge on any atom is -0.481 e. The van der Waals surface area contributed by atoms with Crippen LogP contribution in [0.2, 0.25) is 0 Å². The largest absolute Gasteiger partial charge is 0.481 e. The fourth-order valence-electron chi connectivity index (χ4n) is 3.57. The number of amides is 1. The van der Waals surface area contributed by atoms with Crippen LogP contribution in [0.5, 0.6) is 0 Å². The topological polar surface area (TPSA) is 75.6 Å². The minimum atomic E-state index is -1.14. The van der Waals surface area contributed by atoms with Gasteiger partial charge in [-0.05, 0) is 55.9 Å². The molecule has 0 saturated heterocycles. The number of ether oxygens (including phenoxy) is 1. The van der Waals surface area contributed by atoms with E-state index in [9.17, 15) is 14.7 Å². The van der Waals surface area contributed by atoms with Crippen molar-refractivity contribution in [1.82, 2.24) is 5.32 Å². The molecule has 0 aromatic heterocycles. The number of carboxylic acid groups (broad SMARTS) is 1. The van der Waals surface area contributed by atoms with E-state index in [1.807, 2.05) is 48.5 Å². The average molecular weight is 367 g/mol. The van der Waals surface area contributed by atoms with Gasteiger partial charge in [0.25, 0.3) is 0 Å². The summed E-state index contributed by atoms with van der Waals surface area (Å²) in [5.74, 6) is -0.926. The van der Waals surface area contributed by atoms with E-state index < -0.39 is 23.1 Å². The molecular formula is C22H25NO4. The summed E-state index contributed by atoms with van der Waals surface area (Å²) in [7, 11) is 0. The molecule has 2 aromatic rings. The maximum atomic E-state index is 12.4. The van der Waals surface area contributed by atoms with Gasteiger partial charge >= 0.3 is 12.1 Å². The number of carbonyl (C=O) groups excluding carboxylic acids is 1. The predicted molar refractivity (Wildman–Crippen MR) is 104 cm³/mol. The van der Waals surface area contributed by atoms with Crippen LogP contribution >= 0.6 is 0 Å². The van der Waals surface area contributed by atoms with Crippen LogP contribution in [-0.2, 0) is 22.4 Å². The Hall–Kier alpha value is -2.82. The number of aliphatic carboxylic acids is 1. The lowest BCUT2D eigenvalue weighted by molar-refractivity contribution is -0.148. The fraction of sp³-hybridized carbons (Fsp3) is 0.364.